The normalized spacial score (nSPS) is 10.6. The van der Waals surface area contributed by atoms with Gasteiger partial charge < -0.3 is 5.32 Å². The maximum Gasteiger partial charge on any atom is 0.212 e. The molecule has 0 saturated carbocycles. The number of benzene rings is 1. The van der Waals surface area contributed by atoms with Crippen LogP contribution >= 0.6 is 11.6 Å². The van der Waals surface area contributed by atoms with Crippen LogP contribution in [0.1, 0.15) is 0 Å². The van der Waals surface area contributed by atoms with Gasteiger partial charge in [0.1, 0.15) is 11.5 Å². The molecule has 2 heterocycles. The number of carbonyl (C=O) groups is 1. The average molecular weight is 274 g/mol. The molecule has 0 aliphatic carbocycles. The van der Waals surface area contributed by atoms with Gasteiger partial charge in [-0.25, -0.2) is 14.6 Å². The zero-order valence-electron chi connectivity index (χ0n) is 9.62. The SMILES string of the molecule is O=CNc1nn(-c2cc(Cl)ncn2)c2ccccc12. The molecule has 94 valence electrons. The van der Waals surface area contributed by atoms with Crippen LogP contribution in [0.3, 0.4) is 0 Å². The highest BCUT2D eigenvalue weighted by Crippen LogP contribution is 2.24. The third-order valence-corrected chi connectivity index (χ3v) is 2.83. The lowest BCUT2D eigenvalue weighted by Crippen LogP contribution is -2.01. The first kappa shape index (κ1) is 11.6. The molecule has 1 aromatic carbocycles. The molecule has 7 heteroatoms. The predicted octanol–water partition coefficient (Wildman–Crippen LogP) is 2.04. The summed E-state index contributed by atoms with van der Waals surface area (Å²) in [6.07, 6.45) is 1.95. The Morgan fingerprint density at radius 2 is 2.11 bits per heavy atom. The van der Waals surface area contributed by atoms with Gasteiger partial charge in [-0.3, -0.25) is 4.79 Å². The molecule has 2 aromatic heterocycles. The minimum absolute atomic E-state index is 0.328. The first-order valence-corrected chi connectivity index (χ1v) is 5.83. The lowest BCUT2D eigenvalue weighted by Gasteiger charge is -2.01. The molecule has 0 fully saturated rings. The number of para-hydroxylation sites is 1. The molecule has 0 radical (unpaired) electrons. The molecule has 0 spiro atoms. The summed E-state index contributed by atoms with van der Waals surface area (Å²) in [5, 5.41) is 8.03. The lowest BCUT2D eigenvalue weighted by molar-refractivity contribution is -0.105. The summed E-state index contributed by atoms with van der Waals surface area (Å²) in [5.74, 6) is 1.01. The number of aromatic nitrogens is 4. The second-order valence-electron chi connectivity index (χ2n) is 3.74. The standard InChI is InChI=1S/C12H8ClN5O/c13-10-5-11(15-6-14-10)18-9-4-2-1-3-8(9)12(17-18)16-7-19/h1-7H,(H,16,17,19). The highest BCUT2D eigenvalue weighted by molar-refractivity contribution is 6.29. The fraction of sp³-hybridized carbons (Fsp3) is 0. The van der Waals surface area contributed by atoms with Crippen LogP contribution in [0.25, 0.3) is 16.7 Å². The number of nitrogens with zero attached hydrogens (tertiary/aromatic N) is 4. The molecule has 0 saturated heterocycles. The van der Waals surface area contributed by atoms with E-state index in [0.717, 1.165) is 10.9 Å². The number of hydrogen-bond acceptors (Lipinski definition) is 4. The number of amides is 1. The topological polar surface area (TPSA) is 72.7 Å². The highest BCUT2D eigenvalue weighted by atomic mass is 35.5. The lowest BCUT2D eigenvalue weighted by atomic mass is 10.2. The third kappa shape index (κ3) is 2.02. The number of halogens is 1. The fourth-order valence-electron chi connectivity index (χ4n) is 1.84. The minimum atomic E-state index is 0.328. The van der Waals surface area contributed by atoms with Crippen molar-refractivity contribution in [1.29, 1.82) is 0 Å². The van der Waals surface area contributed by atoms with E-state index in [2.05, 4.69) is 20.4 Å². The zero-order chi connectivity index (χ0) is 13.2. The van der Waals surface area contributed by atoms with Crippen LogP contribution in [0, 0.1) is 0 Å². The predicted molar refractivity (Wildman–Crippen MR) is 71.4 cm³/mol. The molecular formula is C12H8ClN5O. The van der Waals surface area contributed by atoms with Crippen LogP contribution in [0.15, 0.2) is 36.7 Å². The largest absolute Gasteiger partial charge is 0.311 e. The second kappa shape index (κ2) is 4.66. The third-order valence-electron chi connectivity index (χ3n) is 2.62. The van der Waals surface area contributed by atoms with E-state index in [1.807, 2.05) is 24.3 Å². The molecule has 19 heavy (non-hydrogen) atoms. The Balaban J connectivity index is 2.26. The number of carbonyl (C=O) groups excluding carboxylic acids is 1. The molecule has 0 atom stereocenters. The van der Waals surface area contributed by atoms with Gasteiger partial charge in [0, 0.05) is 11.5 Å². The average Bonchev–Trinajstić information content (AvgIpc) is 2.79. The van der Waals surface area contributed by atoms with E-state index < -0.39 is 0 Å². The van der Waals surface area contributed by atoms with Crippen LogP contribution in [-0.2, 0) is 4.79 Å². The number of nitrogens with one attached hydrogen (secondary N) is 1. The Morgan fingerprint density at radius 1 is 1.26 bits per heavy atom. The Hall–Kier alpha value is -2.47. The summed E-state index contributed by atoms with van der Waals surface area (Å²) >= 11 is 5.85. The summed E-state index contributed by atoms with van der Waals surface area (Å²) in [5.41, 5.74) is 0.821. The molecular weight excluding hydrogens is 266 g/mol. The Labute approximate surface area is 113 Å². The van der Waals surface area contributed by atoms with E-state index in [1.54, 1.807) is 10.7 Å². The van der Waals surface area contributed by atoms with Crippen LogP contribution in [0.4, 0.5) is 5.82 Å². The van der Waals surface area contributed by atoms with E-state index in [0.29, 0.717) is 23.2 Å². The maximum atomic E-state index is 10.6. The molecule has 3 rings (SSSR count). The molecule has 6 nitrogen and oxygen atoms in total. The molecule has 1 N–H and O–H groups in total. The van der Waals surface area contributed by atoms with Crippen LogP contribution in [-0.4, -0.2) is 26.2 Å². The molecule has 0 aliphatic rings. The van der Waals surface area contributed by atoms with Gasteiger partial charge in [-0.2, -0.15) is 0 Å². The van der Waals surface area contributed by atoms with E-state index in [9.17, 15) is 4.79 Å². The molecule has 0 unspecified atom stereocenters. The van der Waals surface area contributed by atoms with Gasteiger partial charge in [0.2, 0.25) is 6.41 Å². The smallest absolute Gasteiger partial charge is 0.212 e. The first-order chi connectivity index (χ1) is 9.29. The number of hydrogen-bond donors (Lipinski definition) is 1. The van der Waals surface area contributed by atoms with E-state index >= 15 is 0 Å². The second-order valence-corrected chi connectivity index (χ2v) is 4.13. The van der Waals surface area contributed by atoms with Crippen molar-refractivity contribution in [3.8, 4) is 5.82 Å². The van der Waals surface area contributed by atoms with E-state index in [1.165, 1.54) is 6.33 Å². The fourth-order valence-corrected chi connectivity index (χ4v) is 1.98. The van der Waals surface area contributed by atoms with Crippen LogP contribution < -0.4 is 5.32 Å². The number of fused-ring (bicyclic) bond motifs is 1. The molecule has 3 aromatic rings. The summed E-state index contributed by atoms with van der Waals surface area (Å²) in [6, 6.07) is 9.11. The van der Waals surface area contributed by atoms with E-state index in [-0.39, 0.29) is 0 Å². The van der Waals surface area contributed by atoms with Crippen molar-refractivity contribution in [1.82, 2.24) is 19.7 Å². The van der Waals surface area contributed by atoms with Gasteiger partial charge in [0.15, 0.2) is 11.6 Å². The molecule has 1 amide bonds. The maximum absolute atomic E-state index is 10.6. The Kier molecular flexibility index (Phi) is 2.85. The minimum Gasteiger partial charge on any atom is -0.311 e. The van der Waals surface area contributed by atoms with Crippen molar-refractivity contribution in [2.75, 3.05) is 5.32 Å². The summed E-state index contributed by atoms with van der Waals surface area (Å²) in [4.78, 5) is 18.6. The monoisotopic (exact) mass is 273 g/mol. The summed E-state index contributed by atoms with van der Waals surface area (Å²) < 4.78 is 1.61. The molecule has 0 bridgehead atoms. The first-order valence-electron chi connectivity index (χ1n) is 5.45. The van der Waals surface area contributed by atoms with Crippen molar-refractivity contribution in [2.45, 2.75) is 0 Å². The van der Waals surface area contributed by atoms with Gasteiger partial charge in [-0.05, 0) is 12.1 Å². The number of anilines is 1. The van der Waals surface area contributed by atoms with Crippen molar-refractivity contribution in [3.05, 3.63) is 41.8 Å². The Bertz CT molecular complexity index is 755. The zero-order valence-corrected chi connectivity index (χ0v) is 10.4. The van der Waals surface area contributed by atoms with Crippen molar-refractivity contribution in [3.63, 3.8) is 0 Å². The highest BCUT2D eigenvalue weighted by Gasteiger charge is 2.11. The van der Waals surface area contributed by atoms with Gasteiger partial charge in [-0.15, -0.1) is 5.10 Å². The Morgan fingerprint density at radius 3 is 2.89 bits per heavy atom. The van der Waals surface area contributed by atoms with Gasteiger partial charge in [0.05, 0.1) is 5.52 Å². The van der Waals surface area contributed by atoms with Gasteiger partial charge in [0.25, 0.3) is 0 Å². The van der Waals surface area contributed by atoms with Gasteiger partial charge in [-0.1, -0.05) is 23.7 Å². The number of rotatable bonds is 3. The van der Waals surface area contributed by atoms with Crippen molar-refractivity contribution < 1.29 is 4.79 Å². The van der Waals surface area contributed by atoms with Crippen molar-refractivity contribution in [2.24, 2.45) is 0 Å². The van der Waals surface area contributed by atoms with Gasteiger partial charge >= 0.3 is 0 Å². The summed E-state index contributed by atoms with van der Waals surface area (Å²) in [7, 11) is 0. The summed E-state index contributed by atoms with van der Waals surface area (Å²) in [6.45, 7) is 0. The van der Waals surface area contributed by atoms with E-state index in [4.69, 9.17) is 11.6 Å². The van der Waals surface area contributed by atoms with Crippen molar-refractivity contribution >= 4 is 34.7 Å². The quantitative estimate of drug-likeness (QED) is 0.585. The van der Waals surface area contributed by atoms with Crippen LogP contribution in [0.5, 0.6) is 0 Å². The van der Waals surface area contributed by atoms with Crippen LogP contribution in [0.2, 0.25) is 5.15 Å². The molecule has 0 aliphatic heterocycles.